The zero-order chi connectivity index (χ0) is 37.1. The van der Waals surface area contributed by atoms with Gasteiger partial charge in [-0.25, -0.2) is 0 Å². The van der Waals surface area contributed by atoms with E-state index >= 15 is 0 Å². The van der Waals surface area contributed by atoms with Crippen molar-refractivity contribution in [1.29, 1.82) is 0 Å². The number of rotatable bonds is 3. The molecule has 1 aromatic heterocycles. The maximum Gasteiger partial charge on any atom is 0.136 e. The maximum absolute atomic E-state index is 6.29. The summed E-state index contributed by atoms with van der Waals surface area (Å²) in [4.78, 5) is 0. The van der Waals surface area contributed by atoms with E-state index < -0.39 is 0 Å². The van der Waals surface area contributed by atoms with E-state index in [0.717, 1.165) is 16.6 Å². The van der Waals surface area contributed by atoms with E-state index in [1.165, 1.54) is 104 Å². The second-order valence-electron chi connectivity index (χ2n) is 16.1. The Morgan fingerprint density at radius 3 is 1.64 bits per heavy atom. The van der Waals surface area contributed by atoms with Crippen molar-refractivity contribution in [3.63, 3.8) is 0 Å². The third kappa shape index (κ3) is 4.49. The minimum Gasteiger partial charge on any atom is -0.456 e. The first kappa shape index (κ1) is 31.4. The van der Waals surface area contributed by atoms with Gasteiger partial charge in [-0.05, 0) is 147 Å². The number of hydrogen-bond donors (Lipinski definition) is 0. The molecule has 1 nitrogen and oxygen atoms in total. The third-order valence-electron chi connectivity index (χ3n) is 12.6. The van der Waals surface area contributed by atoms with Crippen LogP contribution in [-0.2, 0) is 5.41 Å². The molecule has 0 saturated carbocycles. The Morgan fingerprint density at radius 1 is 0.321 bits per heavy atom. The molecule has 1 aliphatic carbocycles. The Morgan fingerprint density at radius 2 is 0.893 bits per heavy atom. The minimum absolute atomic E-state index is 0.118. The predicted octanol–water partition coefficient (Wildman–Crippen LogP) is 15.5. The van der Waals surface area contributed by atoms with Crippen LogP contribution in [0.15, 0.2) is 186 Å². The van der Waals surface area contributed by atoms with E-state index in [-0.39, 0.29) is 5.41 Å². The smallest absolute Gasteiger partial charge is 0.136 e. The number of furan rings is 1. The molecule has 1 heterocycles. The van der Waals surface area contributed by atoms with Gasteiger partial charge < -0.3 is 4.42 Å². The van der Waals surface area contributed by atoms with Gasteiger partial charge in [0.1, 0.15) is 11.2 Å². The highest BCUT2D eigenvalue weighted by atomic mass is 16.3. The summed E-state index contributed by atoms with van der Waals surface area (Å²) in [5.41, 5.74) is 14.6. The number of benzene rings is 10. The molecule has 56 heavy (non-hydrogen) atoms. The van der Waals surface area contributed by atoms with Gasteiger partial charge in [-0.15, -0.1) is 0 Å². The number of fused-ring (bicyclic) bond motifs is 10. The zero-order valence-corrected chi connectivity index (χ0v) is 31.2. The van der Waals surface area contributed by atoms with Gasteiger partial charge in [0.25, 0.3) is 0 Å². The van der Waals surface area contributed by atoms with E-state index in [4.69, 9.17) is 4.42 Å². The van der Waals surface area contributed by atoms with Gasteiger partial charge in [0.2, 0.25) is 0 Å². The Balaban J connectivity index is 1.02. The van der Waals surface area contributed by atoms with E-state index in [1.54, 1.807) is 0 Å². The highest BCUT2D eigenvalue weighted by Crippen LogP contribution is 2.52. The first-order valence-corrected chi connectivity index (χ1v) is 19.6. The molecule has 1 heteroatoms. The summed E-state index contributed by atoms with van der Waals surface area (Å²) in [7, 11) is 0. The van der Waals surface area contributed by atoms with Crippen LogP contribution < -0.4 is 0 Å². The molecule has 262 valence electrons. The molecular formula is C55H36O. The SMILES string of the molecule is CC1(C)c2ccc(-c3cccc(-c4c5ccccc5c(-c5ccc6ccccc6c5)c5ccccc45)c3)cc2-c2cc3cc4c(cc3cc21)oc1ccccc14. The summed E-state index contributed by atoms with van der Waals surface area (Å²) >= 11 is 0. The van der Waals surface area contributed by atoms with Crippen molar-refractivity contribution >= 4 is 65.0 Å². The van der Waals surface area contributed by atoms with Crippen molar-refractivity contribution in [2.45, 2.75) is 19.3 Å². The standard InChI is InChI=1S/C55H36O/c1-55(2)49-25-24-36(28-46(49)47-29-39-30-48-41-16-9-10-21-51(41)56-52(48)32-40(39)31-50(47)55)35-14-11-15-37(27-35)53-42-17-5-7-19-44(42)54(45-20-8-6-18-43(45)53)38-23-22-33-12-3-4-13-34(33)26-38/h3-32H,1-2H3. The topological polar surface area (TPSA) is 13.1 Å². The molecule has 12 rings (SSSR count). The quantitative estimate of drug-likeness (QED) is 0.166. The van der Waals surface area contributed by atoms with Crippen molar-refractivity contribution < 1.29 is 4.42 Å². The fourth-order valence-electron chi connectivity index (χ4n) is 9.85. The lowest BCUT2D eigenvalue weighted by atomic mass is 9.81. The fraction of sp³-hybridized carbons (Fsp3) is 0.0545. The largest absolute Gasteiger partial charge is 0.456 e. The molecular weight excluding hydrogens is 677 g/mol. The lowest BCUT2D eigenvalue weighted by molar-refractivity contribution is 0.661. The van der Waals surface area contributed by atoms with E-state index in [0.29, 0.717) is 0 Å². The van der Waals surface area contributed by atoms with Crippen LogP contribution >= 0.6 is 0 Å². The van der Waals surface area contributed by atoms with Crippen molar-refractivity contribution in [1.82, 2.24) is 0 Å². The molecule has 10 aromatic carbocycles. The van der Waals surface area contributed by atoms with E-state index in [1.807, 2.05) is 6.07 Å². The van der Waals surface area contributed by atoms with Crippen LogP contribution in [0, 0.1) is 0 Å². The highest BCUT2D eigenvalue weighted by Gasteiger charge is 2.36. The lowest BCUT2D eigenvalue weighted by Crippen LogP contribution is -2.14. The van der Waals surface area contributed by atoms with Crippen molar-refractivity contribution in [3.8, 4) is 44.5 Å². The summed E-state index contributed by atoms with van der Waals surface area (Å²) in [5.74, 6) is 0. The second-order valence-corrected chi connectivity index (χ2v) is 16.1. The van der Waals surface area contributed by atoms with Crippen molar-refractivity contribution in [2.24, 2.45) is 0 Å². The summed E-state index contributed by atoms with van der Waals surface area (Å²) in [6, 6.07) is 67.4. The minimum atomic E-state index is -0.118. The first-order chi connectivity index (χ1) is 27.5. The first-order valence-electron chi connectivity index (χ1n) is 19.6. The van der Waals surface area contributed by atoms with Crippen LogP contribution in [0.1, 0.15) is 25.0 Å². The van der Waals surface area contributed by atoms with Crippen LogP contribution in [0.5, 0.6) is 0 Å². The third-order valence-corrected chi connectivity index (χ3v) is 12.6. The Kier molecular flexibility index (Phi) is 6.46. The monoisotopic (exact) mass is 712 g/mol. The van der Waals surface area contributed by atoms with Crippen LogP contribution in [0.4, 0.5) is 0 Å². The predicted molar refractivity (Wildman–Crippen MR) is 238 cm³/mol. The van der Waals surface area contributed by atoms with Crippen LogP contribution in [-0.4, -0.2) is 0 Å². The molecule has 0 N–H and O–H groups in total. The van der Waals surface area contributed by atoms with E-state index in [2.05, 4.69) is 190 Å². The van der Waals surface area contributed by atoms with Gasteiger partial charge >= 0.3 is 0 Å². The van der Waals surface area contributed by atoms with Gasteiger partial charge in [0, 0.05) is 16.2 Å². The molecule has 0 radical (unpaired) electrons. The van der Waals surface area contributed by atoms with Crippen LogP contribution in [0.2, 0.25) is 0 Å². The summed E-state index contributed by atoms with van der Waals surface area (Å²) in [5, 5.41) is 12.4. The Bertz CT molecular complexity index is 3390. The highest BCUT2D eigenvalue weighted by molar-refractivity contribution is 6.22. The molecule has 0 saturated heterocycles. The van der Waals surface area contributed by atoms with Crippen LogP contribution in [0.3, 0.4) is 0 Å². The molecule has 0 unspecified atom stereocenters. The molecule has 0 spiro atoms. The van der Waals surface area contributed by atoms with Gasteiger partial charge in [-0.1, -0.05) is 147 Å². The normalized spacial score (nSPS) is 13.3. The second kappa shape index (κ2) is 11.5. The summed E-state index contributed by atoms with van der Waals surface area (Å²) in [6.07, 6.45) is 0. The lowest BCUT2D eigenvalue weighted by Gasteiger charge is -2.22. The molecule has 1 aliphatic rings. The zero-order valence-electron chi connectivity index (χ0n) is 31.2. The molecule has 11 aromatic rings. The molecule has 0 atom stereocenters. The Labute approximate surface area is 325 Å². The summed E-state index contributed by atoms with van der Waals surface area (Å²) in [6.45, 7) is 4.72. The average molecular weight is 713 g/mol. The average Bonchev–Trinajstić information content (AvgIpc) is 3.71. The molecule has 0 fully saturated rings. The van der Waals surface area contributed by atoms with E-state index in [9.17, 15) is 0 Å². The van der Waals surface area contributed by atoms with Crippen molar-refractivity contribution in [3.05, 3.63) is 193 Å². The number of para-hydroxylation sites is 1. The van der Waals surface area contributed by atoms with Crippen molar-refractivity contribution in [2.75, 3.05) is 0 Å². The molecule has 0 amide bonds. The van der Waals surface area contributed by atoms with Gasteiger partial charge in [0.15, 0.2) is 0 Å². The molecule has 0 aliphatic heterocycles. The molecule has 0 bridgehead atoms. The van der Waals surface area contributed by atoms with Gasteiger partial charge in [-0.3, -0.25) is 0 Å². The Hall–Kier alpha value is -6.96. The summed E-state index contributed by atoms with van der Waals surface area (Å²) < 4.78 is 6.29. The maximum atomic E-state index is 6.29. The number of hydrogen-bond acceptors (Lipinski definition) is 1. The van der Waals surface area contributed by atoms with Gasteiger partial charge in [0.05, 0.1) is 0 Å². The van der Waals surface area contributed by atoms with Gasteiger partial charge in [-0.2, -0.15) is 0 Å². The fourth-order valence-corrected chi connectivity index (χ4v) is 9.85. The van der Waals surface area contributed by atoms with Crippen LogP contribution in [0.25, 0.3) is 110 Å².